The van der Waals surface area contributed by atoms with Crippen LogP contribution in [0.25, 0.3) is 0 Å². The van der Waals surface area contributed by atoms with Crippen molar-refractivity contribution in [3.8, 4) is 0 Å². The van der Waals surface area contributed by atoms with Crippen LogP contribution in [0.2, 0.25) is 0 Å². The highest BCUT2D eigenvalue weighted by molar-refractivity contribution is 5.72. The first-order chi connectivity index (χ1) is 24.1. The third-order valence-corrected chi connectivity index (χ3v) is 10.1. The van der Waals surface area contributed by atoms with Gasteiger partial charge in [0.2, 0.25) is 0 Å². The SMILES string of the molecule is CC/C=C\C/C=C\C/C=C\CCCCCCCCC(CCCCCCCC/C=C\C/C=C\CCCCC)OC(=O)C1CCCC(N(C)C)C1. The van der Waals surface area contributed by atoms with Crippen molar-refractivity contribution in [2.24, 2.45) is 5.92 Å². The van der Waals surface area contributed by atoms with Crippen LogP contribution in [0, 0.1) is 5.92 Å². The minimum absolute atomic E-state index is 0.0903. The Morgan fingerprint density at radius 1 is 0.592 bits per heavy atom. The number of esters is 1. The van der Waals surface area contributed by atoms with E-state index in [4.69, 9.17) is 4.74 Å². The van der Waals surface area contributed by atoms with Crippen LogP contribution in [-0.4, -0.2) is 37.1 Å². The zero-order chi connectivity index (χ0) is 35.5. The largest absolute Gasteiger partial charge is 0.462 e. The molecule has 0 heterocycles. The molecular formula is C46H81NO2. The van der Waals surface area contributed by atoms with Crippen LogP contribution >= 0.6 is 0 Å². The van der Waals surface area contributed by atoms with Gasteiger partial charge in [-0.1, -0.05) is 145 Å². The first-order valence-electron chi connectivity index (χ1n) is 21.2. The first-order valence-corrected chi connectivity index (χ1v) is 21.2. The smallest absolute Gasteiger partial charge is 0.309 e. The van der Waals surface area contributed by atoms with Gasteiger partial charge in [-0.3, -0.25) is 4.79 Å². The van der Waals surface area contributed by atoms with E-state index in [9.17, 15) is 4.79 Å². The summed E-state index contributed by atoms with van der Waals surface area (Å²) >= 11 is 0. The maximum Gasteiger partial charge on any atom is 0.309 e. The molecule has 3 heteroatoms. The van der Waals surface area contributed by atoms with E-state index >= 15 is 0 Å². The Balaban J connectivity index is 2.26. The molecule has 0 aromatic heterocycles. The van der Waals surface area contributed by atoms with Crippen molar-refractivity contribution in [3.05, 3.63) is 60.8 Å². The van der Waals surface area contributed by atoms with Gasteiger partial charge in [0.1, 0.15) is 6.10 Å². The minimum Gasteiger partial charge on any atom is -0.462 e. The van der Waals surface area contributed by atoms with Gasteiger partial charge in [-0.2, -0.15) is 0 Å². The minimum atomic E-state index is 0.0903. The number of carbonyl (C=O) groups is 1. The van der Waals surface area contributed by atoms with Crippen molar-refractivity contribution >= 4 is 5.97 Å². The van der Waals surface area contributed by atoms with Gasteiger partial charge in [0.15, 0.2) is 0 Å². The molecule has 1 aliphatic carbocycles. The molecular weight excluding hydrogens is 599 g/mol. The van der Waals surface area contributed by atoms with Gasteiger partial charge in [-0.15, -0.1) is 0 Å². The molecule has 0 saturated heterocycles. The van der Waals surface area contributed by atoms with Crippen LogP contribution in [0.3, 0.4) is 0 Å². The highest BCUT2D eigenvalue weighted by Gasteiger charge is 2.30. The van der Waals surface area contributed by atoms with Crippen LogP contribution in [0.5, 0.6) is 0 Å². The molecule has 1 fully saturated rings. The topological polar surface area (TPSA) is 29.5 Å². The Morgan fingerprint density at radius 3 is 1.53 bits per heavy atom. The predicted octanol–water partition coefficient (Wildman–Crippen LogP) is 14.2. The Hall–Kier alpha value is -1.87. The molecule has 0 aromatic rings. The third kappa shape index (κ3) is 28.5. The maximum atomic E-state index is 13.3. The summed E-state index contributed by atoms with van der Waals surface area (Å²) < 4.78 is 6.28. The number of hydrogen-bond donors (Lipinski definition) is 0. The number of hydrogen-bond acceptors (Lipinski definition) is 3. The molecule has 1 rings (SSSR count). The monoisotopic (exact) mass is 680 g/mol. The molecule has 1 saturated carbocycles. The molecule has 0 amide bonds. The average molecular weight is 680 g/mol. The molecule has 3 atom stereocenters. The summed E-state index contributed by atoms with van der Waals surface area (Å²) in [5.41, 5.74) is 0. The summed E-state index contributed by atoms with van der Waals surface area (Å²) in [7, 11) is 4.30. The van der Waals surface area contributed by atoms with Gasteiger partial charge in [0.25, 0.3) is 0 Å². The van der Waals surface area contributed by atoms with E-state index in [1.807, 2.05) is 0 Å². The maximum absolute atomic E-state index is 13.3. The summed E-state index contributed by atoms with van der Waals surface area (Å²) in [5.74, 6) is 0.181. The van der Waals surface area contributed by atoms with Crippen LogP contribution in [0.1, 0.15) is 194 Å². The number of rotatable bonds is 32. The summed E-state index contributed by atoms with van der Waals surface area (Å²) in [4.78, 5) is 15.6. The van der Waals surface area contributed by atoms with Crippen molar-refractivity contribution in [2.75, 3.05) is 14.1 Å². The average Bonchev–Trinajstić information content (AvgIpc) is 3.11. The number of nitrogens with zero attached hydrogens (tertiary/aromatic N) is 1. The van der Waals surface area contributed by atoms with E-state index in [0.717, 1.165) is 57.8 Å². The van der Waals surface area contributed by atoms with E-state index in [1.54, 1.807) is 0 Å². The zero-order valence-electron chi connectivity index (χ0n) is 33.1. The molecule has 0 bridgehead atoms. The number of unbranched alkanes of at least 4 members (excludes halogenated alkanes) is 15. The first kappa shape index (κ1) is 45.2. The second-order valence-electron chi connectivity index (χ2n) is 14.9. The number of allylic oxidation sites excluding steroid dienone is 10. The van der Waals surface area contributed by atoms with Crippen LogP contribution in [0.4, 0.5) is 0 Å². The van der Waals surface area contributed by atoms with E-state index in [-0.39, 0.29) is 18.0 Å². The lowest BCUT2D eigenvalue weighted by Gasteiger charge is -2.33. The van der Waals surface area contributed by atoms with Gasteiger partial charge in [0.05, 0.1) is 5.92 Å². The summed E-state index contributed by atoms with van der Waals surface area (Å²) in [6, 6.07) is 0.516. The van der Waals surface area contributed by atoms with Crippen molar-refractivity contribution in [1.82, 2.24) is 4.90 Å². The zero-order valence-corrected chi connectivity index (χ0v) is 33.1. The molecule has 3 unspecified atom stereocenters. The Morgan fingerprint density at radius 2 is 1.04 bits per heavy atom. The fourth-order valence-electron chi connectivity index (χ4n) is 6.90. The standard InChI is InChI=1S/C46H81NO2/c1-5-7-9-11-13-15-17-19-21-23-25-27-29-31-33-35-40-45(49-46(48)43-38-37-39-44(42-43)47(3)4)41-36-34-32-30-28-26-24-22-20-18-16-14-12-10-8-6-2/h7,9,13-16,19-22,43-45H,5-6,8,10-12,17-18,23-42H2,1-4H3/b9-7-,15-13-,16-14-,21-19-,22-20-. The predicted molar refractivity (Wildman–Crippen MR) is 217 cm³/mol. The van der Waals surface area contributed by atoms with E-state index in [2.05, 4.69) is 93.6 Å². The molecule has 3 nitrogen and oxygen atoms in total. The van der Waals surface area contributed by atoms with Crippen LogP contribution < -0.4 is 0 Å². The lowest BCUT2D eigenvalue weighted by molar-refractivity contribution is -0.156. The van der Waals surface area contributed by atoms with Gasteiger partial charge >= 0.3 is 5.97 Å². The molecule has 0 aliphatic heterocycles. The highest BCUT2D eigenvalue weighted by atomic mass is 16.5. The molecule has 49 heavy (non-hydrogen) atoms. The fourth-order valence-corrected chi connectivity index (χ4v) is 6.90. The van der Waals surface area contributed by atoms with E-state index < -0.39 is 0 Å². The summed E-state index contributed by atoms with van der Waals surface area (Å²) in [5, 5.41) is 0. The quantitative estimate of drug-likeness (QED) is 0.0403. The van der Waals surface area contributed by atoms with Gasteiger partial charge in [-0.05, 0) is 123 Å². The van der Waals surface area contributed by atoms with Gasteiger partial charge < -0.3 is 9.64 Å². The third-order valence-electron chi connectivity index (χ3n) is 10.1. The summed E-state index contributed by atoms with van der Waals surface area (Å²) in [6.07, 6.45) is 56.9. The van der Waals surface area contributed by atoms with E-state index in [0.29, 0.717) is 6.04 Å². The van der Waals surface area contributed by atoms with Crippen molar-refractivity contribution in [1.29, 1.82) is 0 Å². The molecule has 1 aliphatic rings. The van der Waals surface area contributed by atoms with Crippen LogP contribution in [0.15, 0.2) is 60.8 Å². The second kappa shape index (κ2) is 34.6. The summed E-state index contributed by atoms with van der Waals surface area (Å²) in [6.45, 7) is 4.44. The van der Waals surface area contributed by atoms with Crippen molar-refractivity contribution in [2.45, 2.75) is 206 Å². The Labute approximate surface area is 306 Å². The number of carbonyl (C=O) groups excluding carboxylic acids is 1. The number of ether oxygens (including phenoxy) is 1. The lowest BCUT2D eigenvalue weighted by Crippen LogP contribution is -2.37. The lowest BCUT2D eigenvalue weighted by atomic mass is 9.85. The Kier molecular flexibility index (Phi) is 31.9. The molecule has 0 spiro atoms. The fraction of sp³-hybridized carbons (Fsp3) is 0.761. The normalized spacial score (nSPS) is 18.0. The molecule has 0 aromatic carbocycles. The van der Waals surface area contributed by atoms with Crippen molar-refractivity contribution < 1.29 is 9.53 Å². The highest BCUT2D eigenvalue weighted by Crippen LogP contribution is 2.29. The molecule has 0 N–H and O–H groups in total. The molecule has 282 valence electrons. The van der Waals surface area contributed by atoms with Gasteiger partial charge in [-0.25, -0.2) is 0 Å². The van der Waals surface area contributed by atoms with E-state index in [1.165, 1.54) is 122 Å². The van der Waals surface area contributed by atoms with Crippen molar-refractivity contribution in [3.63, 3.8) is 0 Å². The van der Waals surface area contributed by atoms with Gasteiger partial charge in [0, 0.05) is 6.04 Å². The Bertz CT molecular complexity index is 882. The van der Waals surface area contributed by atoms with Crippen LogP contribution in [-0.2, 0) is 9.53 Å². The molecule has 0 radical (unpaired) electrons. The second-order valence-corrected chi connectivity index (χ2v) is 14.9.